The number of hydrogen-bond acceptors (Lipinski definition) is 6. The van der Waals surface area contributed by atoms with Crippen LogP contribution in [0.3, 0.4) is 0 Å². The zero-order valence-corrected chi connectivity index (χ0v) is 36.1. The van der Waals surface area contributed by atoms with E-state index in [9.17, 15) is 0 Å². The summed E-state index contributed by atoms with van der Waals surface area (Å²) in [5.41, 5.74) is 1.08. The van der Waals surface area contributed by atoms with E-state index in [1.54, 1.807) is 0 Å². The normalized spacial score (nSPS) is 22.8. The molecule has 0 aliphatic carbocycles. The molecule has 0 N–H and O–H groups in total. The van der Waals surface area contributed by atoms with Crippen LogP contribution in [0.15, 0.2) is 89.9 Å². The van der Waals surface area contributed by atoms with Crippen molar-refractivity contribution in [3.05, 3.63) is 90.5 Å². The minimum absolute atomic E-state index is 0.325. The molecule has 3 aromatic carbocycles. The van der Waals surface area contributed by atoms with Crippen LogP contribution in [-0.4, -0.2) is 76.7 Å². The summed E-state index contributed by atoms with van der Waals surface area (Å²) in [6.45, 7) is 27.1. The van der Waals surface area contributed by atoms with Crippen LogP contribution in [0.1, 0.15) is 5.56 Å². The molecule has 1 heterocycles. The zero-order valence-electron chi connectivity index (χ0n) is 31.2. The number of hydrogen-bond donors (Lipinski definition) is 0. The maximum absolute atomic E-state index is 7.10. The molecule has 4 rings (SSSR count). The summed E-state index contributed by atoms with van der Waals surface area (Å²) in [5.74, 6) is 0. The highest BCUT2D eigenvalue weighted by Gasteiger charge is 2.51. The molecule has 11 heteroatoms. The van der Waals surface area contributed by atoms with Gasteiger partial charge in [-0.3, -0.25) is 4.99 Å². The molecule has 0 radical (unpaired) electrons. The van der Waals surface area contributed by atoms with Gasteiger partial charge in [-0.05, 0) is 102 Å². The van der Waals surface area contributed by atoms with Crippen molar-refractivity contribution in [3.63, 3.8) is 0 Å². The molecule has 1 aliphatic heterocycles. The minimum Gasteiger partial charge on any atom is -0.415 e. The standard InChI is InChI=1S/C37H58NO5PSi4/c1-45(2,3)39-28-32-35(41-46(4,5)6)36(42-47(7,8)9)34(37(40-32)43-48(10,11)12)38-27-29-21-19-20-26-33(29)44(30-22-15-13-16-23-30)31-24-17-14-18-25-31/h13-27,32,34-37H,28H2,1-12H3/t32-,34-,35-,36-,37-/m1/s1. The van der Waals surface area contributed by atoms with E-state index in [2.05, 4.69) is 163 Å². The molecule has 1 saturated heterocycles. The van der Waals surface area contributed by atoms with Crippen LogP contribution < -0.4 is 15.9 Å². The van der Waals surface area contributed by atoms with Crippen LogP contribution in [-0.2, 0) is 22.4 Å². The number of ether oxygens (including phenoxy) is 1. The number of rotatable bonds is 14. The van der Waals surface area contributed by atoms with Crippen LogP contribution >= 0.6 is 7.92 Å². The molecule has 0 spiro atoms. The Balaban J connectivity index is 1.84. The molecule has 0 saturated carbocycles. The molecule has 0 unspecified atom stereocenters. The van der Waals surface area contributed by atoms with Crippen LogP contribution in [0.4, 0.5) is 0 Å². The lowest BCUT2D eigenvalue weighted by atomic mass is 9.97. The molecule has 48 heavy (non-hydrogen) atoms. The van der Waals surface area contributed by atoms with E-state index in [-0.39, 0.29) is 18.3 Å². The van der Waals surface area contributed by atoms with Crippen molar-refractivity contribution in [2.75, 3.05) is 6.61 Å². The maximum Gasteiger partial charge on any atom is 0.187 e. The first-order valence-corrected chi connectivity index (χ1v) is 32.1. The second kappa shape index (κ2) is 16.2. The van der Waals surface area contributed by atoms with Gasteiger partial charge in [-0.25, -0.2) is 0 Å². The van der Waals surface area contributed by atoms with Gasteiger partial charge in [0, 0.05) is 11.8 Å². The van der Waals surface area contributed by atoms with Gasteiger partial charge in [-0.15, -0.1) is 0 Å². The Kier molecular flexibility index (Phi) is 13.2. The fourth-order valence-electron chi connectivity index (χ4n) is 5.60. The molecular formula is C37H58NO5PSi4. The van der Waals surface area contributed by atoms with E-state index in [0.717, 1.165) is 5.56 Å². The van der Waals surface area contributed by atoms with Gasteiger partial charge < -0.3 is 22.4 Å². The number of nitrogens with zero attached hydrogens (tertiary/aromatic N) is 1. The summed E-state index contributed by atoms with van der Waals surface area (Å²) < 4.78 is 34.3. The van der Waals surface area contributed by atoms with Gasteiger partial charge in [0.1, 0.15) is 18.2 Å². The summed E-state index contributed by atoms with van der Waals surface area (Å²) in [5, 5.41) is 3.86. The second-order valence-electron chi connectivity index (χ2n) is 16.4. The van der Waals surface area contributed by atoms with Crippen molar-refractivity contribution in [3.8, 4) is 0 Å². The minimum atomic E-state index is -2.07. The van der Waals surface area contributed by atoms with E-state index >= 15 is 0 Å². The molecule has 6 nitrogen and oxygen atoms in total. The highest BCUT2D eigenvalue weighted by atomic mass is 31.1. The summed E-state index contributed by atoms with van der Waals surface area (Å²) in [7, 11) is -8.82. The van der Waals surface area contributed by atoms with E-state index in [1.807, 2.05) is 6.21 Å². The van der Waals surface area contributed by atoms with E-state index in [0.29, 0.717) is 6.61 Å². The molecule has 0 aromatic heterocycles. The predicted molar refractivity (Wildman–Crippen MR) is 215 cm³/mol. The third kappa shape index (κ3) is 12.0. The zero-order chi connectivity index (χ0) is 35.3. The molecule has 3 aromatic rings. The lowest BCUT2D eigenvalue weighted by Crippen LogP contribution is -2.65. The first-order valence-electron chi connectivity index (χ1n) is 17.1. The molecule has 0 bridgehead atoms. The lowest BCUT2D eigenvalue weighted by molar-refractivity contribution is -0.232. The summed E-state index contributed by atoms with van der Waals surface area (Å²) in [6.07, 6.45) is 0.457. The quantitative estimate of drug-likeness (QED) is 0.0951. The Morgan fingerprint density at radius 2 is 1.08 bits per heavy atom. The SMILES string of the molecule is C[Si](C)(C)OC[C@H]1O[C@H](O[Si](C)(C)C)[C@H](N=Cc2ccccc2P(c2ccccc2)c2ccccc2)[C@@H](O[Si](C)(C)C)[C@@H]1O[Si](C)(C)C. The van der Waals surface area contributed by atoms with E-state index in [4.69, 9.17) is 27.4 Å². The smallest absolute Gasteiger partial charge is 0.187 e. The second-order valence-corrected chi connectivity index (χ2v) is 36.5. The lowest BCUT2D eigenvalue weighted by Gasteiger charge is -2.49. The van der Waals surface area contributed by atoms with Crippen molar-refractivity contribution >= 4 is 63.3 Å². The molecule has 1 aliphatic rings. The number of aliphatic imine (C=N–C) groups is 1. The van der Waals surface area contributed by atoms with Crippen molar-refractivity contribution in [1.29, 1.82) is 0 Å². The monoisotopic (exact) mass is 739 g/mol. The first kappa shape index (κ1) is 39.2. The fraction of sp³-hybridized carbons (Fsp3) is 0.486. The molecule has 0 amide bonds. The summed E-state index contributed by atoms with van der Waals surface area (Å²) >= 11 is 0. The van der Waals surface area contributed by atoms with Gasteiger partial charge >= 0.3 is 0 Å². The third-order valence-corrected chi connectivity index (χ3v) is 13.8. The molecule has 5 atom stereocenters. The number of benzene rings is 3. The largest absolute Gasteiger partial charge is 0.415 e. The topological polar surface area (TPSA) is 58.5 Å². The summed E-state index contributed by atoms with van der Waals surface area (Å²) in [4.78, 5) is 5.40. The van der Waals surface area contributed by atoms with Gasteiger partial charge in [0.2, 0.25) is 0 Å². The Morgan fingerprint density at radius 1 is 0.604 bits per heavy atom. The molecule has 1 fully saturated rings. The van der Waals surface area contributed by atoms with Crippen LogP contribution in [0.5, 0.6) is 0 Å². The van der Waals surface area contributed by atoms with Crippen LogP contribution in [0, 0.1) is 0 Å². The van der Waals surface area contributed by atoms with Gasteiger partial charge in [-0.2, -0.15) is 0 Å². The van der Waals surface area contributed by atoms with Crippen LogP contribution in [0.2, 0.25) is 78.6 Å². The van der Waals surface area contributed by atoms with Crippen molar-refractivity contribution in [2.45, 2.75) is 109 Å². The van der Waals surface area contributed by atoms with Gasteiger partial charge in [0.25, 0.3) is 0 Å². The third-order valence-electron chi connectivity index (χ3n) is 7.34. The Hall–Kier alpha value is -1.57. The highest BCUT2D eigenvalue weighted by Crippen LogP contribution is 2.36. The average molecular weight is 740 g/mol. The van der Waals surface area contributed by atoms with Gasteiger partial charge in [0.15, 0.2) is 39.6 Å². The molecular weight excluding hydrogens is 682 g/mol. The van der Waals surface area contributed by atoms with Crippen molar-refractivity contribution in [1.82, 2.24) is 0 Å². The van der Waals surface area contributed by atoms with Gasteiger partial charge in [0.05, 0.1) is 12.7 Å². The van der Waals surface area contributed by atoms with Crippen molar-refractivity contribution in [2.24, 2.45) is 4.99 Å². The maximum atomic E-state index is 7.10. The Bertz CT molecular complexity index is 1430. The first-order chi connectivity index (χ1) is 22.3. The fourth-order valence-corrected chi connectivity index (χ4v) is 11.8. The summed E-state index contributed by atoms with van der Waals surface area (Å²) in [6, 6.07) is 29.8. The highest BCUT2D eigenvalue weighted by molar-refractivity contribution is 7.80. The van der Waals surface area contributed by atoms with E-state index in [1.165, 1.54) is 15.9 Å². The predicted octanol–water partition coefficient (Wildman–Crippen LogP) is 8.10. The van der Waals surface area contributed by atoms with E-state index < -0.39 is 53.5 Å². The molecule has 262 valence electrons. The Labute approximate surface area is 295 Å². The van der Waals surface area contributed by atoms with Crippen LogP contribution in [0.25, 0.3) is 0 Å². The average Bonchev–Trinajstić information content (AvgIpc) is 2.97. The van der Waals surface area contributed by atoms with Crippen molar-refractivity contribution < 1.29 is 22.4 Å². The van der Waals surface area contributed by atoms with Gasteiger partial charge in [-0.1, -0.05) is 84.9 Å². The Morgan fingerprint density at radius 3 is 1.58 bits per heavy atom.